The molecule has 0 spiro atoms. The third-order valence-corrected chi connectivity index (χ3v) is 8.00. The van der Waals surface area contributed by atoms with Crippen molar-refractivity contribution in [3.05, 3.63) is 40.6 Å². The molecule has 1 aromatic rings. The van der Waals surface area contributed by atoms with Gasteiger partial charge in [-0.15, -0.1) is 0 Å². The Balaban J connectivity index is 1.81. The van der Waals surface area contributed by atoms with Crippen molar-refractivity contribution in [2.24, 2.45) is 10.8 Å². The van der Waals surface area contributed by atoms with Crippen LogP contribution in [-0.2, 0) is 0 Å². The van der Waals surface area contributed by atoms with Crippen molar-refractivity contribution in [3.63, 3.8) is 0 Å². The Morgan fingerprint density at radius 1 is 0.912 bits per heavy atom. The summed E-state index contributed by atoms with van der Waals surface area (Å²) in [6.07, 6.45) is 19.8. The molecule has 3 heteroatoms. The van der Waals surface area contributed by atoms with E-state index in [1.165, 1.54) is 61.7 Å². The smallest absolute Gasteiger partial charge is 0.235 e. The Hall–Kier alpha value is -2.03. The van der Waals surface area contributed by atoms with Gasteiger partial charge in [-0.1, -0.05) is 85.1 Å². The molecule has 0 fully saturated rings. The van der Waals surface area contributed by atoms with Crippen LogP contribution < -0.4 is 4.74 Å². The largest absolute Gasteiger partial charge is 0.618 e. The first-order valence-corrected chi connectivity index (χ1v) is 13.8. The first-order chi connectivity index (χ1) is 16.1. The maximum atomic E-state index is 14.2. The van der Waals surface area contributed by atoms with Gasteiger partial charge in [-0.2, -0.15) is 4.74 Å². The average molecular weight is 464 g/mol. The van der Waals surface area contributed by atoms with E-state index < -0.39 is 0 Å². The van der Waals surface area contributed by atoms with Crippen LogP contribution in [0, 0.1) is 16.0 Å². The Bertz CT molecular complexity index is 997. The van der Waals surface area contributed by atoms with Crippen LogP contribution >= 0.6 is 0 Å². The van der Waals surface area contributed by atoms with E-state index >= 15 is 0 Å². The van der Waals surface area contributed by atoms with Gasteiger partial charge in [0.05, 0.1) is 22.1 Å². The molecule has 3 aliphatic rings. The molecule has 2 aliphatic heterocycles. The normalized spacial score (nSPS) is 20.9. The van der Waals surface area contributed by atoms with Gasteiger partial charge >= 0.3 is 0 Å². The molecular formula is C31H45NO2. The van der Waals surface area contributed by atoms with E-state index in [1.54, 1.807) is 0 Å². The van der Waals surface area contributed by atoms with Crippen molar-refractivity contribution in [2.75, 3.05) is 0 Å². The number of rotatable bonds is 10. The van der Waals surface area contributed by atoms with Gasteiger partial charge in [0.15, 0.2) is 0 Å². The van der Waals surface area contributed by atoms with Crippen molar-refractivity contribution in [2.45, 2.75) is 118 Å². The van der Waals surface area contributed by atoms with Gasteiger partial charge in [-0.25, -0.2) is 0 Å². The lowest BCUT2D eigenvalue weighted by molar-refractivity contribution is -0.362. The molecule has 2 heterocycles. The maximum absolute atomic E-state index is 14.2. The predicted octanol–water partition coefficient (Wildman–Crippen LogP) is 9.21. The maximum Gasteiger partial charge on any atom is 0.235 e. The minimum Gasteiger partial charge on any atom is -0.618 e. The average Bonchev–Trinajstić information content (AvgIpc) is 3.05. The highest BCUT2D eigenvalue weighted by Gasteiger charge is 2.53. The number of benzene rings is 1. The second kappa shape index (κ2) is 9.55. The molecule has 3 nitrogen and oxygen atoms in total. The number of hydrogen-bond donors (Lipinski definition) is 0. The zero-order valence-corrected chi connectivity index (χ0v) is 22.4. The summed E-state index contributed by atoms with van der Waals surface area (Å²) < 4.78 is 7.56. The topological polar surface area (TPSA) is 35.3 Å². The van der Waals surface area contributed by atoms with Gasteiger partial charge in [0.25, 0.3) is 0 Å². The Morgan fingerprint density at radius 2 is 1.56 bits per heavy atom. The van der Waals surface area contributed by atoms with E-state index in [9.17, 15) is 5.21 Å². The fourth-order valence-corrected chi connectivity index (χ4v) is 6.59. The summed E-state index contributed by atoms with van der Waals surface area (Å²) in [5.74, 6) is 0.822. The number of allylic oxidation sites excluding steroid dienone is 2. The number of nitrogens with zero attached hydrogens (tertiary/aromatic N) is 1. The molecular weight excluding hydrogens is 418 g/mol. The number of unbranched alkanes of at least 4 members (excludes halogenated alkanes) is 6. The van der Waals surface area contributed by atoms with Crippen LogP contribution in [0.25, 0.3) is 11.6 Å². The van der Waals surface area contributed by atoms with Gasteiger partial charge in [0.2, 0.25) is 11.4 Å². The van der Waals surface area contributed by atoms with Crippen molar-refractivity contribution < 1.29 is 9.48 Å². The molecule has 1 aliphatic carbocycles. The highest BCUT2D eigenvalue weighted by Crippen LogP contribution is 2.56. The molecule has 0 aromatic heterocycles. The lowest BCUT2D eigenvalue weighted by atomic mass is 9.59. The molecule has 0 saturated carbocycles. The molecule has 0 unspecified atom stereocenters. The summed E-state index contributed by atoms with van der Waals surface area (Å²) in [4.78, 5) is 0. The number of fused-ring (bicyclic) bond motifs is 5. The summed E-state index contributed by atoms with van der Waals surface area (Å²) in [6, 6.07) is 4.20. The van der Waals surface area contributed by atoms with E-state index in [0.29, 0.717) is 0 Å². The lowest BCUT2D eigenvalue weighted by Crippen LogP contribution is -2.41. The van der Waals surface area contributed by atoms with Crippen LogP contribution in [0.4, 0.5) is 5.69 Å². The van der Waals surface area contributed by atoms with Gasteiger partial charge in [-0.05, 0) is 62.8 Å². The summed E-state index contributed by atoms with van der Waals surface area (Å²) in [7, 11) is 0. The molecule has 0 amide bonds. The molecule has 0 radical (unpaired) electrons. The highest BCUT2D eigenvalue weighted by atomic mass is 16.5. The number of ether oxygens (including phenoxy) is 1. The van der Waals surface area contributed by atoms with Crippen LogP contribution in [0.5, 0.6) is 5.75 Å². The van der Waals surface area contributed by atoms with Gasteiger partial charge in [-0.3, -0.25) is 0 Å². The van der Waals surface area contributed by atoms with Crippen LogP contribution in [0.2, 0.25) is 0 Å². The van der Waals surface area contributed by atoms with E-state index in [0.717, 1.165) is 47.5 Å². The Labute approximate surface area is 207 Å². The molecule has 186 valence electrons. The fourth-order valence-electron chi connectivity index (χ4n) is 6.59. The highest BCUT2D eigenvalue weighted by molar-refractivity contribution is 6.28. The summed E-state index contributed by atoms with van der Waals surface area (Å²) >= 11 is 0. The molecule has 0 bridgehead atoms. The lowest BCUT2D eigenvalue weighted by Gasteiger charge is -2.42. The van der Waals surface area contributed by atoms with Crippen molar-refractivity contribution in [1.82, 2.24) is 0 Å². The van der Waals surface area contributed by atoms with Crippen molar-refractivity contribution in [3.8, 4) is 5.75 Å². The molecule has 34 heavy (non-hydrogen) atoms. The molecule has 1 aromatic carbocycles. The van der Waals surface area contributed by atoms with Crippen LogP contribution in [0.15, 0.2) is 24.3 Å². The summed E-state index contributed by atoms with van der Waals surface area (Å²) in [5, 5.41) is 14.2. The third kappa shape index (κ3) is 4.72. The quantitative estimate of drug-likeness (QED) is 0.197. The molecule has 0 N–H and O–H groups in total. The van der Waals surface area contributed by atoms with Gasteiger partial charge in [0.1, 0.15) is 11.4 Å². The Morgan fingerprint density at radius 3 is 2.18 bits per heavy atom. The summed E-state index contributed by atoms with van der Waals surface area (Å²) in [5.41, 5.74) is 4.73. The standard InChI is InChI=1S/C31H45NO2/c1-7-9-11-13-18-31(19-14-12-10-8-2)22-29(3,4)21-25-23-15-16-26-24(17-20-30(5,6)34-26)27(23)32(33)28(25)31/h15-17,20-21H,7-14,18-19,22H2,1-6H3. The first-order valence-electron chi connectivity index (χ1n) is 13.8. The van der Waals surface area contributed by atoms with Crippen LogP contribution in [0.3, 0.4) is 0 Å². The van der Waals surface area contributed by atoms with Crippen molar-refractivity contribution >= 4 is 23.0 Å². The second-order valence-corrected chi connectivity index (χ2v) is 12.2. The first kappa shape index (κ1) is 25.1. The molecule has 0 atom stereocenters. The van der Waals surface area contributed by atoms with Gasteiger partial charge < -0.3 is 9.94 Å². The third-order valence-electron chi connectivity index (χ3n) is 8.00. The van der Waals surface area contributed by atoms with E-state index in [1.807, 2.05) is 0 Å². The van der Waals surface area contributed by atoms with Gasteiger partial charge in [0, 0.05) is 0 Å². The van der Waals surface area contributed by atoms with E-state index in [-0.39, 0.29) is 16.4 Å². The second-order valence-electron chi connectivity index (χ2n) is 12.2. The van der Waals surface area contributed by atoms with E-state index in [4.69, 9.17) is 4.74 Å². The zero-order chi connectivity index (χ0) is 24.6. The van der Waals surface area contributed by atoms with E-state index in [2.05, 4.69) is 71.9 Å². The monoisotopic (exact) mass is 463 g/mol. The molecule has 0 saturated heterocycles. The minimum absolute atomic E-state index is 0.0543. The SMILES string of the molecule is CCCCCCC1(CCCCCC)CC(C)(C)C=C2C1=[N+]([O-])c1c2ccc2c1C=CC(C)(C)O2. The fraction of sp³-hybridized carbons (Fsp3) is 0.645. The Kier molecular flexibility index (Phi) is 7.04. The van der Waals surface area contributed by atoms with Crippen LogP contribution in [-0.4, -0.2) is 16.1 Å². The predicted molar refractivity (Wildman–Crippen MR) is 145 cm³/mol. The number of hydrogen-bond acceptors (Lipinski definition) is 2. The van der Waals surface area contributed by atoms with Crippen LogP contribution in [0.1, 0.15) is 123 Å². The zero-order valence-electron chi connectivity index (χ0n) is 22.4. The minimum atomic E-state index is -0.350. The summed E-state index contributed by atoms with van der Waals surface area (Å²) in [6.45, 7) is 13.4. The molecule has 4 rings (SSSR count). The van der Waals surface area contributed by atoms with Crippen molar-refractivity contribution in [1.29, 1.82) is 0 Å².